The van der Waals surface area contributed by atoms with E-state index in [0.29, 0.717) is 0 Å². The third-order valence-corrected chi connectivity index (χ3v) is 6.93. The van der Waals surface area contributed by atoms with Crippen molar-refractivity contribution in [2.24, 2.45) is 0 Å². The third-order valence-electron chi connectivity index (χ3n) is 6.93. The van der Waals surface area contributed by atoms with Gasteiger partial charge in [-0.3, -0.25) is 14.8 Å². The summed E-state index contributed by atoms with van der Waals surface area (Å²) in [5.74, 6) is -8.27. The number of hydrogen-bond acceptors (Lipinski definition) is 8. The third kappa shape index (κ3) is 13.4. The van der Waals surface area contributed by atoms with E-state index >= 15 is 0 Å². The highest BCUT2D eigenvalue weighted by atomic mass is 19.4. The molecule has 1 saturated heterocycles. The van der Waals surface area contributed by atoms with Gasteiger partial charge >= 0.3 is 36.4 Å². The van der Waals surface area contributed by atoms with Crippen LogP contribution in [0.25, 0.3) is 16.6 Å². The number of aliphatic carboxylic acids is 3. The van der Waals surface area contributed by atoms with Gasteiger partial charge in [0.15, 0.2) is 0 Å². The average Bonchev–Trinajstić information content (AvgIpc) is 3.45. The second-order valence-corrected chi connectivity index (χ2v) is 11.0. The molecule has 4 aromatic rings. The maximum atomic E-state index is 10.6. The lowest BCUT2D eigenvalue weighted by Gasteiger charge is -2.38. The van der Waals surface area contributed by atoms with Crippen LogP contribution in [0.15, 0.2) is 60.8 Å². The number of fused-ring (bicyclic) bond motifs is 1. The van der Waals surface area contributed by atoms with E-state index in [1.165, 1.54) is 11.1 Å². The summed E-state index contributed by atoms with van der Waals surface area (Å²) in [5.41, 5.74) is 7.90. The molecule has 5 rings (SSSR count). The molecule has 0 aliphatic carbocycles. The van der Waals surface area contributed by atoms with E-state index in [9.17, 15) is 39.5 Å². The first-order valence-electron chi connectivity index (χ1n) is 14.6. The summed E-state index contributed by atoms with van der Waals surface area (Å²) in [4.78, 5) is 36.2. The van der Waals surface area contributed by atoms with Crippen molar-refractivity contribution in [3.63, 3.8) is 0 Å². The maximum Gasteiger partial charge on any atom is 0.490 e. The Kier molecular flexibility index (Phi) is 14.6. The van der Waals surface area contributed by atoms with E-state index in [1.54, 1.807) is 0 Å². The largest absolute Gasteiger partial charge is 0.490 e. The highest BCUT2D eigenvalue weighted by Crippen LogP contribution is 2.28. The smallest absolute Gasteiger partial charge is 0.475 e. The fourth-order valence-electron chi connectivity index (χ4n) is 4.35. The van der Waals surface area contributed by atoms with E-state index in [2.05, 4.69) is 93.8 Å². The van der Waals surface area contributed by atoms with Crippen LogP contribution in [0.2, 0.25) is 0 Å². The molecule has 0 amide bonds. The molecule has 3 aromatic heterocycles. The fraction of sp³-hybridized carbons (Fsp3) is 0.355. The van der Waals surface area contributed by atoms with Crippen LogP contribution in [0, 0.1) is 13.8 Å². The number of carboxylic acids is 3. The Hall–Kier alpha value is -5.31. The summed E-state index contributed by atoms with van der Waals surface area (Å²) in [6.07, 6.45) is -13.2. The van der Waals surface area contributed by atoms with Crippen molar-refractivity contribution in [3.05, 3.63) is 83.4 Å². The molecule has 284 valence electrons. The molecule has 1 atom stereocenters. The Morgan fingerprint density at radius 2 is 1.25 bits per heavy atom. The summed E-state index contributed by atoms with van der Waals surface area (Å²) in [5, 5.41) is 30.4. The Balaban J connectivity index is 0.000000365. The molecule has 4 heterocycles. The molecule has 12 nitrogen and oxygen atoms in total. The Morgan fingerprint density at radius 1 is 0.750 bits per heavy atom. The molecule has 0 radical (unpaired) electrons. The van der Waals surface area contributed by atoms with Crippen LogP contribution in [0.5, 0.6) is 0 Å². The predicted octanol–water partition coefficient (Wildman–Crippen LogP) is 5.80. The monoisotopic (exact) mass is 754 g/mol. The number of carbonyl (C=O) groups is 3. The molecule has 0 saturated carbocycles. The van der Waals surface area contributed by atoms with E-state index in [1.807, 2.05) is 17.5 Å². The number of aryl methyl sites for hydroxylation is 2. The number of rotatable bonds is 4. The summed E-state index contributed by atoms with van der Waals surface area (Å²) in [6, 6.07) is 19.4. The second-order valence-electron chi connectivity index (χ2n) is 11.0. The molecule has 1 aromatic carbocycles. The van der Waals surface area contributed by atoms with Gasteiger partial charge in [0.2, 0.25) is 0 Å². The number of pyridine rings is 2. The number of likely N-dealkylation sites (N-methyl/N-ethyl adjacent to an activating group) is 1. The average molecular weight is 755 g/mol. The van der Waals surface area contributed by atoms with Crippen molar-refractivity contribution in [3.8, 4) is 11.1 Å². The molecular formula is C31H31F9N6O6. The molecule has 1 unspecified atom stereocenters. The number of alkyl halides is 9. The number of hydrogen-bond donors (Lipinski definition) is 3. The standard InChI is InChI=1S/C25H28N6.3C2HF3O2/c1-18-7-9-20(10-8-18)21-11-12-23-25(27-28-31(23)15-21)24-17-30(14-13-29(24)3)16-22-6-4-5-19(2)26-22;3*3-2(4,5)1(6)7/h4-12,15,24H,13-14,16-17H2,1-3H3;3*(H,6,7). The Labute approximate surface area is 288 Å². The number of aromatic nitrogens is 4. The van der Waals surface area contributed by atoms with Crippen LogP contribution in [0.4, 0.5) is 39.5 Å². The highest BCUT2D eigenvalue weighted by Gasteiger charge is 2.39. The van der Waals surface area contributed by atoms with Crippen molar-refractivity contribution in [1.29, 1.82) is 0 Å². The second kappa shape index (κ2) is 17.8. The molecule has 0 bridgehead atoms. The summed E-state index contributed by atoms with van der Waals surface area (Å²) in [7, 11) is 2.18. The van der Waals surface area contributed by atoms with Crippen LogP contribution in [0.1, 0.15) is 28.7 Å². The topological polar surface area (TPSA) is 161 Å². The van der Waals surface area contributed by atoms with Crippen LogP contribution >= 0.6 is 0 Å². The number of carboxylic acid groups (broad SMARTS) is 3. The zero-order chi connectivity index (χ0) is 39.6. The summed E-state index contributed by atoms with van der Waals surface area (Å²) in [6.45, 7) is 7.96. The van der Waals surface area contributed by atoms with Crippen LogP contribution in [-0.4, -0.2) is 108 Å². The lowest BCUT2D eigenvalue weighted by molar-refractivity contribution is -0.193. The first-order valence-corrected chi connectivity index (χ1v) is 14.6. The van der Waals surface area contributed by atoms with Crippen LogP contribution < -0.4 is 0 Å². The number of benzene rings is 1. The molecule has 52 heavy (non-hydrogen) atoms. The minimum Gasteiger partial charge on any atom is -0.475 e. The van der Waals surface area contributed by atoms with Crippen molar-refractivity contribution in [2.75, 3.05) is 26.7 Å². The molecule has 1 aliphatic rings. The fourth-order valence-corrected chi connectivity index (χ4v) is 4.35. The quantitative estimate of drug-likeness (QED) is 0.216. The van der Waals surface area contributed by atoms with Gasteiger partial charge in [-0.05, 0) is 44.7 Å². The zero-order valence-corrected chi connectivity index (χ0v) is 27.3. The van der Waals surface area contributed by atoms with E-state index in [4.69, 9.17) is 29.7 Å². The lowest BCUT2D eigenvalue weighted by atomic mass is 10.0. The SMILES string of the molecule is Cc1ccc(-c2ccc3c(C4CN(Cc5cccc(C)n5)CCN4C)nnn3c2)cc1.O=C(O)C(F)(F)F.O=C(O)C(F)(F)F.O=C(O)C(F)(F)F. The summed E-state index contributed by atoms with van der Waals surface area (Å²) >= 11 is 0. The van der Waals surface area contributed by atoms with Gasteiger partial charge in [0.25, 0.3) is 0 Å². The van der Waals surface area contributed by atoms with E-state index < -0.39 is 36.4 Å². The van der Waals surface area contributed by atoms with Gasteiger partial charge in [-0.15, -0.1) is 5.10 Å². The first kappa shape index (κ1) is 42.9. The molecule has 21 heteroatoms. The molecule has 1 aliphatic heterocycles. The Bertz CT molecular complexity index is 1760. The van der Waals surface area contributed by atoms with Gasteiger partial charge in [-0.2, -0.15) is 39.5 Å². The normalized spacial score (nSPS) is 15.3. The lowest BCUT2D eigenvalue weighted by Crippen LogP contribution is -2.46. The van der Waals surface area contributed by atoms with Crippen molar-refractivity contribution < 1.29 is 69.2 Å². The predicted molar refractivity (Wildman–Crippen MR) is 164 cm³/mol. The van der Waals surface area contributed by atoms with E-state index in [-0.39, 0.29) is 6.04 Å². The van der Waals surface area contributed by atoms with Crippen LogP contribution in [-0.2, 0) is 20.9 Å². The van der Waals surface area contributed by atoms with Gasteiger partial charge in [-0.25, -0.2) is 18.9 Å². The van der Waals surface area contributed by atoms with Crippen molar-refractivity contribution in [1.82, 2.24) is 29.6 Å². The van der Waals surface area contributed by atoms with Gasteiger partial charge in [-0.1, -0.05) is 47.2 Å². The highest BCUT2D eigenvalue weighted by molar-refractivity contribution is 5.73. The number of piperazine rings is 1. The summed E-state index contributed by atoms with van der Waals surface area (Å²) < 4.78 is 97.1. The van der Waals surface area contributed by atoms with Gasteiger partial charge < -0.3 is 15.3 Å². The molecule has 3 N–H and O–H groups in total. The van der Waals surface area contributed by atoms with E-state index in [0.717, 1.165) is 54.3 Å². The number of nitrogens with zero attached hydrogens (tertiary/aromatic N) is 6. The van der Waals surface area contributed by atoms with Gasteiger partial charge in [0.1, 0.15) is 5.69 Å². The molecule has 0 spiro atoms. The van der Waals surface area contributed by atoms with Gasteiger partial charge in [0, 0.05) is 43.6 Å². The number of halogens is 9. The maximum absolute atomic E-state index is 10.6. The molecule has 1 fully saturated rings. The molecular weight excluding hydrogens is 723 g/mol. The van der Waals surface area contributed by atoms with Gasteiger partial charge in [0.05, 0.1) is 17.3 Å². The first-order chi connectivity index (χ1) is 23.9. The Morgan fingerprint density at radius 3 is 1.73 bits per heavy atom. The van der Waals surface area contributed by atoms with Crippen molar-refractivity contribution in [2.45, 2.75) is 45.0 Å². The zero-order valence-electron chi connectivity index (χ0n) is 27.3. The minimum atomic E-state index is -5.08. The minimum absolute atomic E-state index is 0.210. The van der Waals surface area contributed by atoms with Crippen LogP contribution in [0.3, 0.4) is 0 Å². The van der Waals surface area contributed by atoms with Crippen molar-refractivity contribution >= 4 is 23.4 Å².